The second-order valence-electron chi connectivity index (χ2n) is 4.14. The SMILES string of the molecule is COc1ccc(CCc2cnc(N)n2C)cc1Cl. The Balaban J connectivity index is 2.06. The number of methoxy groups -OCH3 is 1. The number of aryl methyl sites for hydroxylation is 2. The van der Waals surface area contributed by atoms with Crippen LogP contribution in [0.5, 0.6) is 5.75 Å². The first-order chi connectivity index (χ1) is 8.61. The van der Waals surface area contributed by atoms with Crippen molar-refractivity contribution >= 4 is 17.5 Å². The Bertz CT molecular complexity index is 551. The molecule has 0 aliphatic rings. The summed E-state index contributed by atoms with van der Waals surface area (Å²) in [5.74, 6) is 1.24. The van der Waals surface area contributed by atoms with Crippen LogP contribution in [0.25, 0.3) is 0 Å². The zero-order chi connectivity index (χ0) is 13.1. The zero-order valence-corrected chi connectivity index (χ0v) is 11.2. The molecule has 18 heavy (non-hydrogen) atoms. The summed E-state index contributed by atoms with van der Waals surface area (Å²) in [5, 5.41) is 0.638. The van der Waals surface area contributed by atoms with E-state index in [9.17, 15) is 0 Å². The second kappa shape index (κ2) is 5.31. The maximum absolute atomic E-state index is 6.08. The number of benzene rings is 1. The van der Waals surface area contributed by atoms with Crippen LogP contribution in [0.4, 0.5) is 5.95 Å². The minimum Gasteiger partial charge on any atom is -0.495 e. The summed E-state index contributed by atoms with van der Waals surface area (Å²) >= 11 is 6.08. The Morgan fingerprint density at radius 2 is 2.17 bits per heavy atom. The molecular formula is C13H16ClN3O. The predicted molar refractivity (Wildman–Crippen MR) is 73.0 cm³/mol. The fraction of sp³-hybridized carbons (Fsp3) is 0.308. The number of rotatable bonds is 4. The molecule has 0 unspecified atom stereocenters. The van der Waals surface area contributed by atoms with Gasteiger partial charge in [-0.05, 0) is 30.5 Å². The standard InChI is InChI=1S/C13H16ClN3O/c1-17-10(8-16-13(17)15)5-3-9-4-6-12(18-2)11(14)7-9/h4,6-8H,3,5H2,1-2H3,(H2,15,16). The minimum absolute atomic E-state index is 0.540. The molecule has 2 aromatic rings. The number of ether oxygens (including phenoxy) is 1. The lowest BCUT2D eigenvalue weighted by molar-refractivity contribution is 0.415. The third kappa shape index (κ3) is 2.59. The van der Waals surface area contributed by atoms with Crippen molar-refractivity contribution in [2.45, 2.75) is 12.8 Å². The van der Waals surface area contributed by atoms with E-state index in [0.717, 1.165) is 18.5 Å². The topological polar surface area (TPSA) is 53.1 Å². The quantitative estimate of drug-likeness (QED) is 0.924. The Kier molecular flexibility index (Phi) is 3.77. The van der Waals surface area contributed by atoms with Gasteiger partial charge in [0, 0.05) is 12.7 Å². The average molecular weight is 266 g/mol. The van der Waals surface area contributed by atoms with Crippen molar-refractivity contribution in [1.82, 2.24) is 9.55 Å². The number of aromatic nitrogens is 2. The fourth-order valence-corrected chi connectivity index (χ4v) is 2.11. The lowest BCUT2D eigenvalue weighted by Crippen LogP contribution is -2.02. The molecule has 5 heteroatoms. The van der Waals surface area contributed by atoms with E-state index in [1.165, 1.54) is 5.56 Å². The maximum atomic E-state index is 6.08. The van der Waals surface area contributed by atoms with Gasteiger partial charge in [0.25, 0.3) is 0 Å². The zero-order valence-electron chi connectivity index (χ0n) is 10.5. The first-order valence-electron chi connectivity index (χ1n) is 5.70. The van der Waals surface area contributed by atoms with Crippen molar-refractivity contribution in [3.05, 3.63) is 40.7 Å². The van der Waals surface area contributed by atoms with Crippen molar-refractivity contribution < 1.29 is 4.74 Å². The van der Waals surface area contributed by atoms with Gasteiger partial charge in [0.2, 0.25) is 0 Å². The Hall–Kier alpha value is -1.68. The summed E-state index contributed by atoms with van der Waals surface area (Å²) in [6.45, 7) is 0. The second-order valence-corrected chi connectivity index (χ2v) is 4.54. The summed E-state index contributed by atoms with van der Waals surface area (Å²) < 4.78 is 7.02. The van der Waals surface area contributed by atoms with Gasteiger partial charge >= 0.3 is 0 Å². The molecule has 0 aliphatic carbocycles. The molecule has 2 rings (SSSR count). The summed E-state index contributed by atoms with van der Waals surface area (Å²) in [5.41, 5.74) is 7.96. The summed E-state index contributed by atoms with van der Waals surface area (Å²) in [6, 6.07) is 5.83. The van der Waals surface area contributed by atoms with Crippen molar-refractivity contribution in [3.63, 3.8) is 0 Å². The third-order valence-corrected chi connectivity index (χ3v) is 3.30. The van der Waals surface area contributed by atoms with E-state index >= 15 is 0 Å². The van der Waals surface area contributed by atoms with Crippen LogP contribution in [0.2, 0.25) is 5.02 Å². The van der Waals surface area contributed by atoms with Gasteiger partial charge in [0.05, 0.1) is 18.3 Å². The van der Waals surface area contributed by atoms with Crippen molar-refractivity contribution in [2.24, 2.45) is 7.05 Å². The van der Waals surface area contributed by atoms with Crippen LogP contribution in [-0.2, 0) is 19.9 Å². The highest BCUT2D eigenvalue weighted by Gasteiger charge is 2.05. The first-order valence-corrected chi connectivity index (χ1v) is 6.08. The largest absolute Gasteiger partial charge is 0.495 e. The van der Waals surface area contributed by atoms with E-state index in [1.54, 1.807) is 13.3 Å². The average Bonchev–Trinajstić information content (AvgIpc) is 2.68. The molecule has 1 aromatic heterocycles. The van der Waals surface area contributed by atoms with Gasteiger partial charge in [-0.1, -0.05) is 17.7 Å². The molecule has 0 bridgehead atoms. The molecule has 0 radical (unpaired) electrons. The van der Waals surface area contributed by atoms with Crippen molar-refractivity contribution in [2.75, 3.05) is 12.8 Å². The Morgan fingerprint density at radius 3 is 2.72 bits per heavy atom. The highest BCUT2D eigenvalue weighted by molar-refractivity contribution is 6.32. The summed E-state index contributed by atoms with van der Waals surface area (Å²) in [7, 11) is 3.53. The lowest BCUT2D eigenvalue weighted by atomic mass is 10.1. The molecule has 0 aliphatic heterocycles. The first kappa shape index (κ1) is 12.8. The Labute approximate surface area is 111 Å². The number of nitrogens with two attached hydrogens (primary N) is 1. The van der Waals surface area contributed by atoms with E-state index in [4.69, 9.17) is 22.1 Å². The van der Waals surface area contributed by atoms with Gasteiger partial charge in [-0.15, -0.1) is 0 Å². The van der Waals surface area contributed by atoms with Crippen molar-refractivity contribution in [3.8, 4) is 5.75 Å². The molecule has 2 N–H and O–H groups in total. The highest BCUT2D eigenvalue weighted by atomic mass is 35.5. The van der Waals surface area contributed by atoms with Gasteiger partial charge < -0.3 is 15.0 Å². The van der Waals surface area contributed by atoms with Gasteiger partial charge in [-0.2, -0.15) is 0 Å². The van der Waals surface area contributed by atoms with Gasteiger partial charge in [0.15, 0.2) is 5.95 Å². The number of hydrogen-bond donors (Lipinski definition) is 1. The number of nitrogen functional groups attached to an aromatic ring is 1. The summed E-state index contributed by atoms with van der Waals surface area (Å²) in [4.78, 5) is 4.07. The molecule has 0 spiro atoms. The van der Waals surface area contributed by atoms with Crippen LogP contribution in [0, 0.1) is 0 Å². The van der Waals surface area contributed by atoms with Crippen LogP contribution in [0.15, 0.2) is 24.4 Å². The van der Waals surface area contributed by atoms with E-state index in [2.05, 4.69) is 4.98 Å². The van der Waals surface area contributed by atoms with E-state index in [0.29, 0.717) is 16.7 Å². The Morgan fingerprint density at radius 1 is 1.39 bits per heavy atom. The lowest BCUT2D eigenvalue weighted by Gasteiger charge is -2.07. The molecule has 0 atom stereocenters. The van der Waals surface area contributed by atoms with E-state index < -0.39 is 0 Å². The third-order valence-electron chi connectivity index (χ3n) is 3.01. The number of imidazole rings is 1. The molecule has 96 valence electrons. The van der Waals surface area contributed by atoms with Gasteiger partial charge in [-0.3, -0.25) is 0 Å². The van der Waals surface area contributed by atoms with Crippen LogP contribution in [-0.4, -0.2) is 16.7 Å². The normalized spacial score (nSPS) is 10.6. The van der Waals surface area contributed by atoms with E-state index in [1.807, 2.05) is 29.8 Å². The predicted octanol–water partition coefficient (Wildman–Crippen LogP) is 2.45. The molecule has 0 amide bonds. The maximum Gasteiger partial charge on any atom is 0.200 e. The van der Waals surface area contributed by atoms with Crippen LogP contribution in [0.3, 0.4) is 0 Å². The smallest absolute Gasteiger partial charge is 0.200 e. The highest BCUT2D eigenvalue weighted by Crippen LogP contribution is 2.25. The number of halogens is 1. The number of anilines is 1. The van der Waals surface area contributed by atoms with Gasteiger partial charge in [-0.25, -0.2) is 4.98 Å². The molecule has 1 heterocycles. The molecule has 0 saturated heterocycles. The molecule has 4 nitrogen and oxygen atoms in total. The fourth-order valence-electron chi connectivity index (χ4n) is 1.83. The van der Waals surface area contributed by atoms with Gasteiger partial charge in [0.1, 0.15) is 5.75 Å². The summed E-state index contributed by atoms with van der Waals surface area (Å²) in [6.07, 6.45) is 3.58. The monoisotopic (exact) mass is 265 g/mol. The molecule has 1 aromatic carbocycles. The minimum atomic E-state index is 0.540. The molecule has 0 saturated carbocycles. The van der Waals surface area contributed by atoms with Crippen LogP contribution >= 0.6 is 11.6 Å². The van der Waals surface area contributed by atoms with Crippen molar-refractivity contribution in [1.29, 1.82) is 0 Å². The van der Waals surface area contributed by atoms with Crippen LogP contribution in [0.1, 0.15) is 11.3 Å². The van der Waals surface area contributed by atoms with E-state index in [-0.39, 0.29) is 0 Å². The molecular weight excluding hydrogens is 250 g/mol. The number of nitrogens with zero attached hydrogens (tertiary/aromatic N) is 2. The van der Waals surface area contributed by atoms with Crippen LogP contribution < -0.4 is 10.5 Å². The number of hydrogen-bond acceptors (Lipinski definition) is 3. The molecule has 0 fully saturated rings.